The van der Waals surface area contributed by atoms with Gasteiger partial charge in [0, 0.05) is 5.92 Å². The predicted octanol–water partition coefficient (Wildman–Crippen LogP) is 5.14. The van der Waals surface area contributed by atoms with E-state index in [0.717, 1.165) is 38.0 Å². The fraction of sp³-hybridized carbons (Fsp3) is 0.579. The minimum absolute atomic E-state index is 0.265. The Morgan fingerprint density at radius 3 is 2.62 bits per heavy atom. The van der Waals surface area contributed by atoms with Gasteiger partial charge >= 0.3 is 0 Å². The van der Waals surface area contributed by atoms with Gasteiger partial charge in [-0.2, -0.15) is 0 Å². The third kappa shape index (κ3) is 5.11. The van der Waals surface area contributed by atoms with Crippen LogP contribution in [0.4, 0.5) is 0 Å². The first-order chi connectivity index (χ1) is 10.0. The van der Waals surface area contributed by atoms with Crippen LogP contribution in [0, 0.1) is 17.8 Å². The SMILES string of the molecule is C=C(O)[C@H]1CCC[C@@H](COc2ccc(CC(C)C)cc2)C1. The zero-order valence-electron chi connectivity index (χ0n) is 13.3. The molecule has 0 unspecified atom stereocenters. The third-order valence-electron chi connectivity index (χ3n) is 4.31. The minimum Gasteiger partial charge on any atom is -0.513 e. The molecule has 2 rings (SSSR count). The molecule has 2 atom stereocenters. The molecule has 0 radical (unpaired) electrons. The Morgan fingerprint density at radius 1 is 1.29 bits per heavy atom. The van der Waals surface area contributed by atoms with Gasteiger partial charge in [0.2, 0.25) is 0 Å². The molecule has 1 fully saturated rings. The van der Waals surface area contributed by atoms with Crippen LogP contribution in [0.5, 0.6) is 5.75 Å². The summed E-state index contributed by atoms with van der Waals surface area (Å²) in [6, 6.07) is 8.47. The molecular weight excluding hydrogens is 260 g/mol. The van der Waals surface area contributed by atoms with Gasteiger partial charge in [-0.05, 0) is 55.2 Å². The Bertz CT molecular complexity index is 447. The van der Waals surface area contributed by atoms with Crippen molar-refractivity contribution in [3.8, 4) is 5.75 Å². The fourth-order valence-corrected chi connectivity index (χ4v) is 3.15. The molecule has 0 saturated heterocycles. The van der Waals surface area contributed by atoms with Crippen LogP contribution in [0.25, 0.3) is 0 Å². The van der Waals surface area contributed by atoms with Gasteiger partial charge in [-0.1, -0.05) is 39.0 Å². The molecule has 1 aliphatic rings. The van der Waals surface area contributed by atoms with Crippen LogP contribution < -0.4 is 4.74 Å². The lowest BCUT2D eigenvalue weighted by atomic mass is 9.81. The van der Waals surface area contributed by atoms with E-state index in [1.54, 1.807) is 0 Å². The van der Waals surface area contributed by atoms with E-state index >= 15 is 0 Å². The number of ether oxygens (including phenoxy) is 1. The van der Waals surface area contributed by atoms with E-state index in [0.29, 0.717) is 17.6 Å². The number of allylic oxidation sites excluding steroid dienone is 1. The molecule has 21 heavy (non-hydrogen) atoms. The van der Waals surface area contributed by atoms with E-state index in [2.05, 4.69) is 44.7 Å². The molecule has 1 saturated carbocycles. The zero-order valence-corrected chi connectivity index (χ0v) is 13.3. The van der Waals surface area contributed by atoms with E-state index in [1.807, 2.05) is 0 Å². The summed E-state index contributed by atoms with van der Waals surface area (Å²) in [4.78, 5) is 0. The molecule has 1 N–H and O–H groups in total. The number of rotatable bonds is 6. The average Bonchev–Trinajstić information content (AvgIpc) is 2.46. The van der Waals surface area contributed by atoms with Crippen LogP contribution in [-0.2, 0) is 6.42 Å². The molecule has 0 heterocycles. The monoisotopic (exact) mass is 288 g/mol. The highest BCUT2D eigenvalue weighted by molar-refractivity contribution is 5.27. The molecule has 1 aromatic carbocycles. The molecule has 1 aromatic rings. The van der Waals surface area contributed by atoms with Crippen molar-refractivity contribution in [3.63, 3.8) is 0 Å². The van der Waals surface area contributed by atoms with Crippen molar-refractivity contribution >= 4 is 0 Å². The number of benzene rings is 1. The van der Waals surface area contributed by atoms with Gasteiger partial charge in [0.05, 0.1) is 12.4 Å². The maximum Gasteiger partial charge on any atom is 0.119 e. The zero-order chi connectivity index (χ0) is 15.2. The molecule has 0 spiro atoms. The first-order valence-electron chi connectivity index (χ1n) is 8.14. The summed E-state index contributed by atoms with van der Waals surface area (Å²) < 4.78 is 5.92. The second-order valence-corrected chi connectivity index (χ2v) is 6.77. The second-order valence-electron chi connectivity index (χ2n) is 6.77. The molecule has 116 valence electrons. The Morgan fingerprint density at radius 2 is 2.00 bits per heavy atom. The third-order valence-corrected chi connectivity index (χ3v) is 4.31. The van der Waals surface area contributed by atoms with E-state index < -0.39 is 0 Å². The summed E-state index contributed by atoms with van der Waals surface area (Å²) in [6.45, 7) is 8.89. The Labute approximate surface area is 128 Å². The van der Waals surface area contributed by atoms with Crippen LogP contribution in [-0.4, -0.2) is 11.7 Å². The first kappa shape index (κ1) is 15.9. The maximum atomic E-state index is 9.55. The summed E-state index contributed by atoms with van der Waals surface area (Å²) in [6.07, 6.45) is 5.53. The van der Waals surface area contributed by atoms with Crippen LogP contribution >= 0.6 is 0 Å². The van der Waals surface area contributed by atoms with Gasteiger partial charge in [0.1, 0.15) is 5.75 Å². The van der Waals surface area contributed by atoms with Gasteiger partial charge in [-0.3, -0.25) is 0 Å². The Hall–Kier alpha value is -1.44. The van der Waals surface area contributed by atoms with Crippen molar-refractivity contribution in [1.29, 1.82) is 0 Å². The number of aliphatic hydroxyl groups is 1. The Balaban J connectivity index is 1.81. The minimum atomic E-state index is 0.265. The normalized spacial score (nSPS) is 22.2. The largest absolute Gasteiger partial charge is 0.513 e. The van der Waals surface area contributed by atoms with Gasteiger partial charge < -0.3 is 9.84 Å². The predicted molar refractivity (Wildman–Crippen MR) is 87.7 cm³/mol. The van der Waals surface area contributed by atoms with E-state index in [4.69, 9.17) is 4.74 Å². The lowest BCUT2D eigenvalue weighted by molar-refractivity contribution is 0.166. The molecular formula is C19H28O2. The second kappa shape index (κ2) is 7.53. The molecule has 1 aliphatic carbocycles. The van der Waals surface area contributed by atoms with Crippen molar-refractivity contribution in [2.75, 3.05) is 6.61 Å². The van der Waals surface area contributed by atoms with Crippen molar-refractivity contribution < 1.29 is 9.84 Å². The number of hydrogen-bond donors (Lipinski definition) is 1. The van der Waals surface area contributed by atoms with Gasteiger partial charge in [-0.15, -0.1) is 0 Å². The summed E-state index contributed by atoms with van der Waals surface area (Å²) in [5.74, 6) is 2.77. The lowest BCUT2D eigenvalue weighted by Crippen LogP contribution is -2.22. The Kier molecular flexibility index (Phi) is 5.72. The van der Waals surface area contributed by atoms with Gasteiger partial charge in [0.25, 0.3) is 0 Å². The highest BCUT2D eigenvalue weighted by Gasteiger charge is 2.24. The molecule has 0 aliphatic heterocycles. The standard InChI is InChI=1S/C19H28O2/c1-14(2)11-16-7-9-19(10-8-16)21-13-17-5-4-6-18(12-17)15(3)20/h7-10,14,17-18,20H,3-6,11-13H2,1-2H3/t17-,18+/m1/s1. The average molecular weight is 288 g/mol. The molecule has 0 aromatic heterocycles. The quantitative estimate of drug-likeness (QED) is 0.734. The van der Waals surface area contributed by atoms with Crippen molar-refractivity contribution in [1.82, 2.24) is 0 Å². The summed E-state index contributed by atoms with van der Waals surface area (Å²) in [7, 11) is 0. The number of hydrogen-bond acceptors (Lipinski definition) is 2. The van der Waals surface area contributed by atoms with Crippen molar-refractivity contribution in [2.24, 2.45) is 17.8 Å². The van der Waals surface area contributed by atoms with E-state index in [1.165, 1.54) is 12.0 Å². The van der Waals surface area contributed by atoms with Crippen LogP contribution in [0.1, 0.15) is 45.1 Å². The summed E-state index contributed by atoms with van der Waals surface area (Å²) in [5.41, 5.74) is 1.37. The topological polar surface area (TPSA) is 29.5 Å². The summed E-state index contributed by atoms with van der Waals surface area (Å²) >= 11 is 0. The maximum absolute atomic E-state index is 9.55. The van der Waals surface area contributed by atoms with Crippen LogP contribution in [0.3, 0.4) is 0 Å². The fourth-order valence-electron chi connectivity index (χ4n) is 3.15. The highest BCUT2D eigenvalue weighted by Crippen LogP contribution is 2.32. The highest BCUT2D eigenvalue weighted by atomic mass is 16.5. The molecule has 0 bridgehead atoms. The van der Waals surface area contributed by atoms with Crippen LogP contribution in [0.2, 0.25) is 0 Å². The smallest absolute Gasteiger partial charge is 0.119 e. The molecule has 0 amide bonds. The van der Waals surface area contributed by atoms with E-state index in [-0.39, 0.29) is 5.92 Å². The van der Waals surface area contributed by atoms with Crippen molar-refractivity contribution in [2.45, 2.75) is 46.0 Å². The molecule has 2 heteroatoms. The van der Waals surface area contributed by atoms with Gasteiger partial charge in [-0.25, -0.2) is 0 Å². The van der Waals surface area contributed by atoms with Crippen molar-refractivity contribution in [3.05, 3.63) is 42.2 Å². The first-order valence-corrected chi connectivity index (χ1v) is 8.14. The summed E-state index contributed by atoms with van der Waals surface area (Å²) in [5, 5.41) is 9.55. The lowest BCUT2D eigenvalue weighted by Gasteiger charge is -2.28. The van der Waals surface area contributed by atoms with E-state index in [9.17, 15) is 5.11 Å². The van der Waals surface area contributed by atoms with Crippen LogP contribution in [0.15, 0.2) is 36.6 Å². The number of aliphatic hydroxyl groups excluding tert-OH is 1. The molecule has 2 nitrogen and oxygen atoms in total. The van der Waals surface area contributed by atoms with Gasteiger partial charge in [0.15, 0.2) is 0 Å².